The highest BCUT2D eigenvalue weighted by Crippen LogP contribution is 2.14. The van der Waals surface area contributed by atoms with E-state index in [2.05, 4.69) is 13.5 Å². The number of halogens is 1. The van der Waals surface area contributed by atoms with Crippen molar-refractivity contribution in [1.82, 2.24) is 13.5 Å². The minimum Gasteiger partial charge on any atom is -0.212 e. The van der Waals surface area contributed by atoms with Crippen LogP contribution in [-0.2, 0) is 22.3 Å². The third-order valence-electron chi connectivity index (χ3n) is 3.08. The van der Waals surface area contributed by atoms with Gasteiger partial charge in [0.2, 0.25) is 10.0 Å². The van der Waals surface area contributed by atoms with Gasteiger partial charge < -0.3 is 0 Å². The van der Waals surface area contributed by atoms with Crippen molar-refractivity contribution in [2.75, 3.05) is 0 Å². The SMILES string of the molecule is O=S(=O)(Cc1ccc(F)cc1)NCc1ccc2nsnc2c1. The van der Waals surface area contributed by atoms with Crippen LogP contribution in [0.25, 0.3) is 11.0 Å². The van der Waals surface area contributed by atoms with Gasteiger partial charge in [-0.25, -0.2) is 17.5 Å². The monoisotopic (exact) mass is 337 g/mol. The lowest BCUT2D eigenvalue weighted by Gasteiger charge is -2.07. The molecule has 114 valence electrons. The zero-order chi connectivity index (χ0) is 15.6. The number of fused-ring (bicyclic) bond motifs is 1. The Morgan fingerprint density at radius 3 is 2.45 bits per heavy atom. The fourth-order valence-corrected chi connectivity index (χ4v) is 3.62. The molecule has 1 N–H and O–H groups in total. The molecule has 0 aliphatic carbocycles. The first kappa shape index (κ1) is 15.0. The van der Waals surface area contributed by atoms with Gasteiger partial charge in [0.05, 0.1) is 17.5 Å². The van der Waals surface area contributed by atoms with E-state index >= 15 is 0 Å². The second-order valence-electron chi connectivity index (χ2n) is 4.79. The number of hydrogen-bond acceptors (Lipinski definition) is 5. The van der Waals surface area contributed by atoms with E-state index < -0.39 is 10.0 Å². The van der Waals surface area contributed by atoms with E-state index in [1.54, 1.807) is 6.07 Å². The summed E-state index contributed by atoms with van der Waals surface area (Å²) < 4.78 is 47.6. The van der Waals surface area contributed by atoms with Crippen LogP contribution in [0.15, 0.2) is 42.5 Å². The Hall–Kier alpha value is -1.90. The van der Waals surface area contributed by atoms with Crippen molar-refractivity contribution < 1.29 is 12.8 Å². The van der Waals surface area contributed by atoms with Crippen LogP contribution in [0.2, 0.25) is 0 Å². The number of nitrogens with zero attached hydrogens (tertiary/aromatic N) is 2. The van der Waals surface area contributed by atoms with E-state index in [0.717, 1.165) is 28.3 Å². The molecule has 0 unspecified atom stereocenters. The van der Waals surface area contributed by atoms with Crippen LogP contribution in [0.3, 0.4) is 0 Å². The molecule has 0 bridgehead atoms. The zero-order valence-corrected chi connectivity index (χ0v) is 13.0. The highest BCUT2D eigenvalue weighted by Gasteiger charge is 2.12. The lowest BCUT2D eigenvalue weighted by Crippen LogP contribution is -2.24. The van der Waals surface area contributed by atoms with Crippen molar-refractivity contribution in [2.24, 2.45) is 0 Å². The molecule has 0 amide bonds. The molecule has 2 aromatic carbocycles. The summed E-state index contributed by atoms with van der Waals surface area (Å²) in [5.74, 6) is -0.576. The predicted molar refractivity (Wildman–Crippen MR) is 83.3 cm³/mol. The number of nitrogens with one attached hydrogen (secondary N) is 1. The molecule has 3 rings (SSSR count). The molecule has 0 aliphatic heterocycles. The van der Waals surface area contributed by atoms with Crippen molar-refractivity contribution in [3.63, 3.8) is 0 Å². The Labute approximate surface area is 131 Å². The first-order valence-electron chi connectivity index (χ1n) is 6.45. The van der Waals surface area contributed by atoms with Gasteiger partial charge in [-0.1, -0.05) is 18.2 Å². The second-order valence-corrected chi connectivity index (χ2v) is 7.13. The number of benzene rings is 2. The van der Waals surface area contributed by atoms with E-state index in [0.29, 0.717) is 5.56 Å². The lowest BCUT2D eigenvalue weighted by molar-refractivity contribution is 0.580. The summed E-state index contributed by atoms with van der Waals surface area (Å²) in [5.41, 5.74) is 2.89. The Morgan fingerprint density at radius 1 is 1.00 bits per heavy atom. The zero-order valence-electron chi connectivity index (χ0n) is 11.4. The Kier molecular flexibility index (Phi) is 4.14. The maximum atomic E-state index is 12.8. The van der Waals surface area contributed by atoms with Crippen LogP contribution in [0.1, 0.15) is 11.1 Å². The largest absolute Gasteiger partial charge is 0.216 e. The minimum absolute atomic E-state index is 0.178. The molecular formula is C14H12FN3O2S2. The van der Waals surface area contributed by atoms with Gasteiger partial charge in [-0.3, -0.25) is 0 Å². The van der Waals surface area contributed by atoms with Gasteiger partial charge in [0, 0.05) is 6.54 Å². The molecule has 0 fully saturated rings. The van der Waals surface area contributed by atoms with Crippen LogP contribution in [0, 0.1) is 5.82 Å². The molecule has 0 saturated carbocycles. The fraction of sp³-hybridized carbons (Fsp3) is 0.143. The maximum Gasteiger partial charge on any atom is 0.216 e. The van der Waals surface area contributed by atoms with Crippen molar-refractivity contribution >= 4 is 32.8 Å². The van der Waals surface area contributed by atoms with E-state index in [1.807, 2.05) is 12.1 Å². The molecule has 0 atom stereocenters. The van der Waals surface area contributed by atoms with Gasteiger partial charge in [0.25, 0.3) is 0 Å². The number of sulfonamides is 1. The highest BCUT2D eigenvalue weighted by atomic mass is 32.2. The van der Waals surface area contributed by atoms with Crippen molar-refractivity contribution in [3.05, 3.63) is 59.4 Å². The Balaban J connectivity index is 1.67. The van der Waals surface area contributed by atoms with Crippen LogP contribution in [0.5, 0.6) is 0 Å². The van der Waals surface area contributed by atoms with E-state index in [-0.39, 0.29) is 18.1 Å². The highest BCUT2D eigenvalue weighted by molar-refractivity contribution is 7.88. The van der Waals surface area contributed by atoms with Gasteiger partial charge >= 0.3 is 0 Å². The summed E-state index contributed by atoms with van der Waals surface area (Å²) in [4.78, 5) is 0. The van der Waals surface area contributed by atoms with E-state index in [9.17, 15) is 12.8 Å². The predicted octanol–water partition coefficient (Wildman–Crippen LogP) is 2.45. The van der Waals surface area contributed by atoms with Gasteiger partial charge in [-0.2, -0.15) is 8.75 Å². The second kappa shape index (κ2) is 6.07. The summed E-state index contributed by atoms with van der Waals surface area (Å²) in [6, 6.07) is 10.8. The summed E-state index contributed by atoms with van der Waals surface area (Å²) in [7, 11) is -3.49. The Bertz CT molecular complexity index is 892. The normalized spacial score (nSPS) is 11.9. The van der Waals surface area contributed by atoms with E-state index in [4.69, 9.17) is 0 Å². The van der Waals surface area contributed by atoms with Crippen molar-refractivity contribution in [1.29, 1.82) is 0 Å². The van der Waals surface area contributed by atoms with Crippen LogP contribution in [0.4, 0.5) is 4.39 Å². The summed E-state index contributed by atoms with van der Waals surface area (Å²) in [6.07, 6.45) is 0. The first-order valence-corrected chi connectivity index (χ1v) is 8.83. The standard InChI is InChI=1S/C14H12FN3O2S2/c15-12-4-1-10(2-5-12)9-22(19,20)16-8-11-3-6-13-14(7-11)18-21-17-13/h1-7,16H,8-9H2. The molecule has 22 heavy (non-hydrogen) atoms. The minimum atomic E-state index is -3.49. The summed E-state index contributed by atoms with van der Waals surface area (Å²) >= 11 is 1.12. The van der Waals surface area contributed by atoms with Gasteiger partial charge in [-0.05, 0) is 35.4 Å². The topological polar surface area (TPSA) is 72.0 Å². The summed E-state index contributed by atoms with van der Waals surface area (Å²) in [5, 5.41) is 0. The average molecular weight is 337 g/mol. The third kappa shape index (κ3) is 3.65. The molecule has 5 nitrogen and oxygen atoms in total. The smallest absolute Gasteiger partial charge is 0.212 e. The molecule has 8 heteroatoms. The fourth-order valence-electron chi connectivity index (χ4n) is 1.98. The number of rotatable bonds is 5. The molecule has 0 aliphatic rings. The van der Waals surface area contributed by atoms with Gasteiger partial charge in [0.1, 0.15) is 16.9 Å². The Morgan fingerprint density at radius 2 is 1.68 bits per heavy atom. The van der Waals surface area contributed by atoms with Crippen LogP contribution >= 0.6 is 11.7 Å². The molecule has 0 saturated heterocycles. The number of aromatic nitrogens is 2. The molecular weight excluding hydrogens is 325 g/mol. The molecule has 1 heterocycles. The molecule has 0 spiro atoms. The summed E-state index contributed by atoms with van der Waals surface area (Å²) in [6.45, 7) is 0.178. The quantitative estimate of drug-likeness (QED) is 0.776. The molecule has 0 radical (unpaired) electrons. The van der Waals surface area contributed by atoms with Gasteiger partial charge in [0.15, 0.2) is 0 Å². The van der Waals surface area contributed by atoms with Crippen molar-refractivity contribution in [3.8, 4) is 0 Å². The first-order chi connectivity index (χ1) is 10.5. The third-order valence-corrected chi connectivity index (χ3v) is 4.94. The van der Waals surface area contributed by atoms with Crippen molar-refractivity contribution in [2.45, 2.75) is 12.3 Å². The maximum absolute atomic E-state index is 12.8. The molecule has 1 aromatic heterocycles. The van der Waals surface area contributed by atoms with E-state index in [1.165, 1.54) is 24.3 Å². The van der Waals surface area contributed by atoms with Crippen LogP contribution < -0.4 is 4.72 Å². The van der Waals surface area contributed by atoms with Gasteiger partial charge in [-0.15, -0.1) is 0 Å². The average Bonchev–Trinajstić information content (AvgIpc) is 2.95. The lowest BCUT2D eigenvalue weighted by atomic mass is 10.2. The molecule has 3 aromatic rings. The van der Waals surface area contributed by atoms with Crippen LogP contribution in [-0.4, -0.2) is 17.2 Å². The number of hydrogen-bond donors (Lipinski definition) is 1.